The molecule has 2 atom stereocenters. The quantitative estimate of drug-likeness (QED) is 0.919. The summed E-state index contributed by atoms with van der Waals surface area (Å²) in [6.07, 6.45) is 1.65. The first-order chi connectivity index (χ1) is 12.0. The minimum absolute atomic E-state index is 0.0376. The molecule has 2 unspecified atom stereocenters. The molecule has 124 valence electrons. The molecule has 1 fully saturated rings. The standard InChI is InChI=1S/C20H18N4O/c1-24-18(25)17-8-9-20(17,23-19(24)22)16-7-3-6-15(11-16)14-5-2-4-13(10-14)12-21/h2-7,10-11,17H,8-9H2,1H3,(H2,22,23). The molecule has 25 heavy (non-hydrogen) atoms. The van der Waals surface area contributed by atoms with Crippen LogP contribution >= 0.6 is 0 Å². The zero-order valence-corrected chi connectivity index (χ0v) is 13.9. The Labute approximate surface area is 146 Å². The van der Waals surface area contributed by atoms with Crippen LogP contribution in [-0.4, -0.2) is 23.8 Å². The van der Waals surface area contributed by atoms with Gasteiger partial charge in [0.15, 0.2) is 5.96 Å². The Hall–Kier alpha value is -3.13. The van der Waals surface area contributed by atoms with Crippen LogP contribution in [0.1, 0.15) is 24.0 Å². The van der Waals surface area contributed by atoms with E-state index in [0.717, 1.165) is 29.5 Å². The summed E-state index contributed by atoms with van der Waals surface area (Å²) in [6.45, 7) is 0. The molecule has 2 aromatic carbocycles. The lowest BCUT2D eigenvalue weighted by molar-refractivity contribution is -0.139. The Morgan fingerprint density at radius 3 is 2.64 bits per heavy atom. The monoisotopic (exact) mass is 330 g/mol. The highest BCUT2D eigenvalue weighted by Gasteiger charge is 2.55. The van der Waals surface area contributed by atoms with E-state index >= 15 is 0 Å². The summed E-state index contributed by atoms with van der Waals surface area (Å²) in [5, 5.41) is 9.11. The summed E-state index contributed by atoms with van der Waals surface area (Å²) in [5.74, 6) is 0.166. The Bertz CT molecular complexity index is 943. The third-order valence-electron chi connectivity index (χ3n) is 5.36. The van der Waals surface area contributed by atoms with Crippen LogP contribution < -0.4 is 5.73 Å². The fraction of sp³-hybridized carbons (Fsp3) is 0.250. The van der Waals surface area contributed by atoms with Gasteiger partial charge in [-0.1, -0.05) is 30.3 Å². The summed E-state index contributed by atoms with van der Waals surface area (Å²) in [6, 6.07) is 17.7. The number of guanidine groups is 1. The van der Waals surface area contributed by atoms with Crippen LogP contribution in [0.25, 0.3) is 11.1 Å². The first-order valence-electron chi connectivity index (χ1n) is 8.29. The van der Waals surface area contributed by atoms with Gasteiger partial charge < -0.3 is 5.73 Å². The predicted octanol–water partition coefficient (Wildman–Crippen LogP) is 2.62. The molecule has 1 amide bonds. The molecule has 2 aliphatic rings. The highest BCUT2D eigenvalue weighted by molar-refractivity contribution is 6.00. The zero-order chi connectivity index (χ0) is 17.6. The SMILES string of the molecule is CN1C(=O)C2CCC2(c2cccc(-c3cccc(C#N)c3)c2)N=C1N. The number of benzene rings is 2. The van der Waals surface area contributed by atoms with E-state index in [-0.39, 0.29) is 17.8 Å². The van der Waals surface area contributed by atoms with Crippen LogP contribution in [0.15, 0.2) is 53.5 Å². The summed E-state index contributed by atoms with van der Waals surface area (Å²) in [4.78, 5) is 18.7. The van der Waals surface area contributed by atoms with E-state index in [1.54, 1.807) is 13.1 Å². The minimum Gasteiger partial charge on any atom is -0.369 e. The fourth-order valence-corrected chi connectivity index (χ4v) is 3.80. The van der Waals surface area contributed by atoms with E-state index in [4.69, 9.17) is 16.0 Å². The lowest BCUT2D eigenvalue weighted by atomic mass is 9.62. The molecule has 1 saturated carbocycles. The van der Waals surface area contributed by atoms with Gasteiger partial charge in [0.05, 0.1) is 17.6 Å². The van der Waals surface area contributed by atoms with Crippen molar-refractivity contribution in [3.05, 3.63) is 59.7 Å². The van der Waals surface area contributed by atoms with Crippen molar-refractivity contribution < 1.29 is 4.79 Å². The number of nitriles is 1. The summed E-state index contributed by atoms with van der Waals surface area (Å²) in [7, 11) is 1.67. The van der Waals surface area contributed by atoms with Gasteiger partial charge in [0.2, 0.25) is 5.91 Å². The first kappa shape index (κ1) is 15.4. The highest BCUT2D eigenvalue weighted by atomic mass is 16.2. The smallest absolute Gasteiger partial charge is 0.234 e. The van der Waals surface area contributed by atoms with Crippen LogP contribution in [-0.2, 0) is 10.3 Å². The Kier molecular flexibility index (Phi) is 3.36. The van der Waals surface area contributed by atoms with Gasteiger partial charge in [0.25, 0.3) is 0 Å². The molecule has 0 saturated heterocycles. The van der Waals surface area contributed by atoms with Crippen molar-refractivity contribution in [1.29, 1.82) is 5.26 Å². The second kappa shape index (κ2) is 5.45. The molecule has 1 aliphatic heterocycles. The molecule has 5 heteroatoms. The average molecular weight is 330 g/mol. The number of nitrogens with zero attached hydrogens (tertiary/aromatic N) is 3. The molecule has 2 aromatic rings. The highest BCUT2D eigenvalue weighted by Crippen LogP contribution is 2.52. The number of hydrogen-bond acceptors (Lipinski definition) is 4. The van der Waals surface area contributed by atoms with Crippen LogP contribution in [0.2, 0.25) is 0 Å². The third kappa shape index (κ3) is 2.22. The topological polar surface area (TPSA) is 82.5 Å². The molecule has 0 bridgehead atoms. The van der Waals surface area contributed by atoms with Gasteiger partial charge in [-0.2, -0.15) is 5.26 Å². The third-order valence-corrected chi connectivity index (χ3v) is 5.36. The number of nitrogens with two attached hydrogens (primary N) is 1. The molecule has 2 N–H and O–H groups in total. The van der Waals surface area contributed by atoms with Gasteiger partial charge in [-0.3, -0.25) is 9.69 Å². The number of amides is 1. The molecule has 0 radical (unpaired) electrons. The molecule has 1 heterocycles. The molecular formula is C20H18N4O. The van der Waals surface area contributed by atoms with Crippen LogP contribution in [0.4, 0.5) is 0 Å². The molecule has 0 spiro atoms. The van der Waals surface area contributed by atoms with E-state index in [0.29, 0.717) is 5.56 Å². The van der Waals surface area contributed by atoms with Crippen LogP contribution in [0.5, 0.6) is 0 Å². The fourth-order valence-electron chi connectivity index (χ4n) is 3.80. The second-order valence-electron chi connectivity index (χ2n) is 6.66. The summed E-state index contributed by atoms with van der Waals surface area (Å²) >= 11 is 0. The van der Waals surface area contributed by atoms with Crippen molar-refractivity contribution in [3.63, 3.8) is 0 Å². The number of rotatable bonds is 2. The lowest BCUT2D eigenvalue weighted by Crippen LogP contribution is -2.59. The average Bonchev–Trinajstić information content (AvgIpc) is 2.63. The summed E-state index contributed by atoms with van der Waals surface area (Å²) < 4.78 is 0. The van der Waals surface area contributed by atoms with Crippen molar-refractivity contribution in [2.45, 2.75) is 18.4 Å². The van der Waals surface area contributed by atoms with Gasteiger partial charge >= 0.3 is 0 Å². The van der Waals surface area contributed by atoms with Crippen molar-refractivity contribution in [2.24, 2.45) is 16.6 Å². The maximum Gasteiger partial charge on any atom is 0.234 e. The van der Waals surface area contributed by atoms with Crippen molar-refractivity contribution in [3.8, 4) is 17.2 Å². The molecule has 4 rings (SSSR count). The minimum atomic E-state index is -0.545. The Morgan fingerprint density at radius 1 is 1.24 bits per heavy atom. The molecule has 0 aromatic heterocycles. The number of aliphatic imine (C=N–C) groups is 1. The number of carbonyl (C=O) groups is 1. The summed E-state index contributed by atoms with van der Waals surface area (Å²) in [5.41, 5.74) is 9.06. The van der Waals surface area contributed by atoms with Crippen molar-refractivity contribution in [1.82, 2.24) is 4.90 Å². The lowest BCUT2D eigenvalue weighted by Gasteiger charge is -2.50. The van der Waals surface area contributed by atoms with Gasteiger partial charge in [-0.25, -0.2) is 4.99 Å². The van der Waals surface area contributed by atoms with E-state index in [9.17, 15) is 4.79 Å². The maximum atomic E-state index is 12.5. The normalized spacial score (nSPS) is 24.8. The predicted molar refractivity (Wildman–Crippen MR) is 95.4 cm³/mol. The number of carbonyl (C=O) groups excluding carboxylic acids is 1. The van der Waals surface area contributed by atoms with Gasteiger partial charge in [0.1, 0.15) is 5.54 Å². The van der Waals surface area contributed by atoms with E-state index < -0.39 is 5.54 Å². The van der Waals surface area contributed by atoms with E-state index in [1.807, 2.05) is 36.4 Å². The first-order valence-corrected chi connectivity index (χ1v) is 8.29. The maximum absolute atomic E-state index is 12.5. The Balaban J connectivity index is 1.80. The van der Waals surface area contributed by atoms with E-state index in [1.165, 1.54) is 4.90 Å². The second-order valence-corrected chi connectivity index (χ2v) is 6.66. The van der Waals surface area contributed by atoms with Crippen LogP contribution in [0.3, 0.4) is 0 Å². The Morgan fingerprint density at radius 2 is 1.96 bits per heavy atom. The van der Waals surface area contributed by atoms with Gasteiger partial charge in [-0.15, -0.1) is 0 Å². The number of hydrogen-bond donors (Lipinski definition) is 1. The number of fused-ring (bicyclic) bond motifs is 1. The molecule has 1 aliphatic carbocycles. The van der Waals surface area contributed by atoms with Crippen LogP contribution in [0, 0.1) is 17.2 Å². The van der Waals surface area contributed by atoms with Crippen molar-refractivity contribution in [2.75, 3.05) is 7.05 Å². The van der Waals surface area contributed by atoms with Crippen molar-refractivity contribution >= 4 is 11.9 Å². The van der Waals surface area contributed by atoms with Gasteiger partial charge in [-0.05, 0) is 47.7 Å². The zero-order valence-electron chi connectivity index (χ0n) is 13.9. The molecule has 5 nitrogen and oxygen atoms in total. The van der Waals surface area contributed by atoms with E-state index in [2.05, 4.69) is 12.1 Å². The largest absolute Gasteiger partial charge is 0.369 e. The van der Waals surface area contributed by atoms with Gasteiger partial charge in [0, 0.05) is 7.05 Å². The molecular weight excluding hydrogens is 312 g/mol.